The van der Waals surface area contributed by atoms with Gasteiger partial charge >= 0.3 is 0 Å². The minimum Gasteiger partial charge on any atom is -0.388 e. The number of nitrogens with one attached hydrogen (secondary N) is 3. The molecule has 0 aliphatic carbocycles. The summed E-state index contributed by atoms with van der Waals surface area (Å²) in [6.07, 6.45) is 4.13. The van der Waals surface area contributed by atoms with Gasteiger partial charge in [0.1, 0.15) is 0 Å². The fourth-order valence-corrected chi connectivity index (χ4v) is 4.05. The molecule has 1 aromatic heterocycles. The predicted molar refractivity (Wildman–Crippen MR) is 143 cm³/mol. The Morgan fingerprint density at radius 1 is 1.03 bits per heavy atom. The molecule has 0 radical (unpaired) electrons. The summed E-state index contributed by atoms with van der Waals surface area (Å²) >= 11 is 0. The van der Waals surface area contributed by atoms with Gasteiger partial charge in [0.15, 0.2) is 0 Å². The standard InChI is InChI=1S/C27H27N3O.C2H6/c1-4-21-25(28-3)16-20(22-11-8-12-24-23(22)13-14-29-24)17-26(21)30-27(31)15-18(2)19-9-6-5-7-10-19;1-2/h4-14,16-18,28-29H,1,15H2,2-3H3,(H,30,31);1-2H3. The van der Waals surface area contributed by atoms with Crippen LogP contribution in [0.2, 0.25) is 0 Å². The van der Waals surface area contributed by atoms with Crippen LogP contribution in [0.25, 0.3) is 28.1 Å². The van der Waals surface area contributed by atoms with E-state index in [-0.39, 0.29) is 11.8 Å². The van der Waals surface area contributed by atoms with E-state index in [1.807, 2.05) is 57.4 Å². The first kappa shape index (κ1) is 23.9. The van der Waals surface area contributed by atoms with E-state index < -0.39 is 0 Å². The molecule has 0 bridgehead atoms. The molecular weight excluding hydrogens is 406 g/mol. The highest BCUT2D eigenvalue weighted by Crippen LogP contribution is 2.36. The average molecular weight is 440 g/mol. The van der Waals surface area contributed by atoms with Crippen LogP contribution in [0, 0.1) is 0 Å². The van der Waals surface area contributed by atoms with Crippen molar-refractivity contribution in [2.45, 2.75) is 33.1 Å². The van der Waals surface area contributed by atoms with Crippen molar-refractivity contribution < 1.29 is 4.79 Å². The Kier molecular flexibility index (Phi) is 8.09. The number of rotatable bonds is 7. The normalized spacial score (nSPS) is 11.3. The van der Waals surface area contributed by atoms with Gasteiger partial charge < -0.3 is 15.6 Å². The van der Waals surface area contributed by atoms with Gasteiger partial charge in [-0.25, -0.2) is 0 Å². The summed E-state index contributed by atoms with van der Waals surface area (Å²) < 4.78 is 0. The van der Waals surface area contributed by atoms with Crippen LogP contribution in [0.15, 0.2) is 79.5 Å². The molecule has 1 atom stereocenters. The number of hydrogen-bond acceptors (Lipinski definition) is 2. The number of H-pyrrole nitrogens is 1. The zero-order valence-electron chi connectivity index (χ0n) is 19.9. The van der Waals surface area contributed by atoms with Crippen LogP contribution in [-0.4, -0.2) is 17.9 Å². The largest absolute Gasteiger partial charge is 0.388 e. The second-order valence-corrected chi connectivity index (χ2v) is 7.75. The van der Waals surface area contributed by atoms with Gasteiger partial charge in [-0.2, -0.15) is 0 Å². The molecule has 170 valence electrons. The Labute approximate surface area is 196 Å². The number of benzene rings is 3. The number of anilines is 2. The van der Waals surface area contributed by atoms with E-state index >= 15 is 0 Å². The predicted octanol–water partition coefficient (Wildman–Crippen LogP) is 7.68. The molecule has 0 saturated heterocycles. The van der Waals surface area contributed by atoms with Crippen LogP contribution in [0.3, 0.4) is 0 Å². The van der Waals surface area contributed by atoms with Gasteiger partial charge in [0.05, 0.1) is 5.69 Å². The summed E-state index contributed by atoms with van der Waals surface area (Å²) in [6.45, 7) is 10.0. The van der Waals surface area contributed by atoms with Crippen LogP contribution in [0.4, 0.5) is 11.4 Å². The minimum absolute atomic E-state index is 0.0153. The van der Waals surface area contributed by atoms with E-state index in [4.69, 9.17) is 0 Å². The van der Waals surface area contributed by atoms with Gasteiger partial charge in [-0.15, -0.1) is 0 Å². The Morgan fingerprint density at radius 3 is 2.45 bits per heavy atom. The molecule has 1 amide bonds. The molecule has 33 heavy (non-hydrogen) atoms. The summed E-state index contributed by atoms with van der Waals surface area (Å²) in [5.74, 6) is 0.118. The smallest absolute Gasteiger partial charge is 0.224 e. The van der Waals surface area contributed by atoms with Crippen LogP contribution < -0.4 is 10.6 Å². The van der Waals surface area contributed by atoms with E-state index in [1.54, 1.807) is 6.08 Å². The van der Waals surface area contributed by atoms with E-state index in [2.05, 4.69) is 65.5 Å². The lowest BCUT2D eigenvalue weighted by atomic mass is 9.96. The van der Waals surface area contributed by atoms with E-state index in [0.717, 1.165) is 44.5 Å². The monoisotopic (exact) mass is 439 g/mol. The first-order valence-electron chi connectivity index (χ1n) is 11.5. The number of amides is 1. The topological polar surface area (TPSA) is 56.9 Å². The summed E-state index contributed by atoms with van der Waals surface area (Å²) in [6, 6.07) is 22.5. The molecule has 0 aliphatic heterocycles. The summed E-state index contributed by atoms with van der Waals surface area (Å²) in [5.41, 5.74) is 6.95. The highest BCUT2D eigenvalue weighted by molar-refractivity contribution is 6.00. The van der Waals surface area contributed by atoms with Crippen LogP contribution in [-0.2, 0) is 4.79 Å². The third-order valence-corrected chi connectivity index (χ3v) is 5.69. The van der Waals surface area contributed by atoms with Gasteiger partial charge in [-0.1, -0.05) is 75.9 Å². The third kappa shape index (κ3) is 5.35. The number of aromatic nitrogens is 1. The number of carbonyl (C=O) groups excluding carboxylic acids is 1. The summed E-state index contributed by atoms with van der Waals surface area (Å²) in [5, 5.41) is 7.52. The van der Waals surface area contributed by atoms with Gasteiger partial charge in [0.2, 0.25) is 5.91 Å². The van der Waals surface area contributed by atoms with Crippen LogP contribution in [0.1, 0.15) is 44.2 Å². The fraction of sp³-hybridized carbons (Fsp3) is 0.207. The van der Waals surface area contributed by atoms with Crippen molar-refractivity contribution in [3.8, 4) is 11.1 Å². The molecule has 0 fully saturated rings. The molecule has 3 N–H and O–H groups in total. The third-order valence-electron chi connectivity index (χ3n) is 5.69. The first-order chi connectivity index (χ1) is 16.1. The number of aromatic amines is 1. The maximum Gasteiger partial charge on any atom is 0.224 e. The second kappa shape index (κ2) is 11.2. The van der Waals surface area contributed by atoms with Crippen LogP contribution in [0.5, 0.6) is 0 Å². The van der Waals surface area contributed by atoms with E-state index in [1.165, 1.54) is 0 Å². The molecule has 1 unspecified atom stereocenters. The van der Waals surface area contributed by atoms with Crippen molar-refractivity contribution in [1.29, 1.82) is 0 Å². The van der Waals surface area contributed by atoms with Crippen molar-refractivity contribution in [1.82, 2.24) is 4.98 Å². The molecule has 0 aliphatic rings. The average Bonchev–Trinajstić information content (AvgIpc) is 3.34. The fourth-order valence-electron chi connectivity index (χ4n) is 4.05. The molecule has 1 heterocycles. The highest BCUT2D eigenvalue weighted by Gasteiger charge is 2.16. The van der Waals surface area contributed by atoms with Gasteiger partial charge in [0.25, 0.3) is 0 Å². The summed E-state index contributed by atoms with van der Waals surface area (Å²) in [7, 11) is 1.88. The Bertz CT molecular complexity index is 1220. The van der Waals surface area contributed by atoms with Crippen molar-refractivity contribution in [3.63, 3.8) is 0 Å². The van der Waals surface area contributed by atoms with Crippen molar-refractivity contribution in [2.24, 2.45) is 0 Å². The van der Waals surface area contributed by atoms with Crippen LogP contribution >= 0.6 is 0 Å². The molecule has 3 aromatic carbocycles. The maximum atomic E-state index is 12.9. The highest BCUT2D eigenvalue weighted by atomic mass is 16.1. The first-order valence-corrected chi connectivity index (χ1v) is 11.5. The summed E-state index contributed by atoms with van der Waals surface area (Å²) in [4.78, 5) is 16.2. The SMILES string of the molecule is C=Cc1c(NC)cc(-c2cccc3[nH]ccc23)cc1NC(=O)CC(C)c1ccccc1.CC. The molecule has 0 saturated carbocycles. The molecule has 4 nitrogen and oxygen atoms in total. The number of fused-ring (bicyclic) bond motifs is 1. The van der Waals surface area contributed by atoms with Gasteiger partial charge in [-0.05, 0) is 46.9 Å². The Morgan fingerprint density at radius 2 is 1.76 bits per heavy atom. The molecule has 4 aromatic rings. The number of hydrogen-bond donors (Lipinski definition) is 3. The molecule has 4 heteroatoms. The van der Waals surface area contributed by atoms with E-state index in [0.29, 0.717) is 6.42 Å². The quantitative estimate of drug-likeness (QED) is 0.277. The zero-order chi connectivity index (χ0) is 23.8. The molecule has 4 rings (SSSR count). The second-order valence-electron chi connectivity index (χ2n) is 7.75. The maximum absolute atomic E-state index is 12.9. The molecule has 0 spiro atoms. The van der Waals surface area contributed by atoms with Crippen molar-refractivity contribution >= 4 is 34.3 Å². The minimum atomic E-state index is -0.0153. The lowest BCUT2D eigenvalue weighted by Gasteiger charge is -2.17. The molecular formula is C29H33N3O. The van der Waals surface area contributed by atoms with Crippen molar-refractivity contribution in [2.75, 3.05) is 17.7 Å². The number of carbonyl (C=O) groups is 1. The Hall–Kier alpha value is -3.79. The zero-order valence-corrected chi connectivity index (χ0v) is 19.9. The lowest BCUT2D eigenvalue weighted by molar-refractivity contribution is -0.116. The van der Waals surface area contributed by atoms with Crippen molar-refractivity contribution in [3.05, 3.63) is 90.6 Å². The van der Waals surface area contributed by atoms with E-state index in [9.17, 15) is 4.79 Å². The Balaban J connectivity index is 0.00000149. The van der Waals surface area contributed by atoms with Gasteiger partial charge in [-0.3, -0.25) is 4.79 Å². The lowest BCUT2D eigenvalue weighted by Crippen LogP contribution is -2.15. The van der Waals surface area contributed by atoms with Gasteiger partial charge in [0, 0.05) is 41.8 Å².